The van der Waals surface area contributed by atoms with Crippen molar-refractivity contribution in [3.63, 3.8) is 0 Å². The Bertz CT molecular complexity index is 377. The van der Waals surface area contributed by atoms with Gasteiger partial charge < -0.3 is 5.32 Å². The fourth-order valence-electron chi connectivity index (χ4n) is 1.60. The van der Waals surface area contributed by atoms with Crippen molar-refractivity contribution in [2.24, 2.45) is 5.92 Å². The van der Waals surface area contributed by atoms with Crippen molar-refractivity contribution < 1.29 is 0 Å². The molecule has 1 rings (SSSR count). The first-order valence-corrected chi connectivity index (χ1v) is 7.74. The predicted molar refractivity (Wildman–Crippen MR) is 83.3 cm³/mol. The quantitative estimate of drug-likeness (QED) is 0.779. The lowest BCUT2D eigenvalue weighted by Gasteiger charge is -2.22. The van der Waals surface area contributed by atoms with Gasteiger partial charge in [0.1, 0.15) is 0 Å². The van der Waals surface area contributed by atoms with Crippen LogP contribution < -0.4 is 5.32 Å². The first-order valence-electron chi connectivity index (χ1n) is 6.75. The lowest BCUT2D eigenvalue weighted by Crippen LogP contribution is -2.35. The van der Waals surface area contributed by atoms with Crippen LogP contribution in [0.1, 0.15) is 45.7 Å². The molecular formula is C16H27NS. The van der Waals surface area contributed by atoms with Crippen LogP contribution >= 0.6 is 11.8 Å². The van der Waals surface area contributed by atoms with E-state index in [2.05, 4.69) is 65.1 Å². The molecule has 0 heterocycles. The van der Waals surface area contributed by atoms with E-state index in [1.807, 2.05) is 11.8 Å². The lowest BCUT2D eigenvalue weighted by molar-refractivity contribution is 0.422. The van der Waals surface area contributed by atoms with Gasteiger partial charge in [-0.2, -0.15) is 0 Å². The Hall–Kier alpha value is -0.470. The summed E-state index contributed by atoms with van der Waals surface area (Å²) in [7, 11) is 0. The molecule has 1 aromatic carbocycles. The molecule has 0 radical (unpaired) electrons. The summed E-state index contributed by atoms with van der Waals surface area (Å²) in [6.45, 7) is 14.3. The Morgan fingerprint density at radius 3 is 2.44 bits per heavy atom. The summed E-state index contributed by atoms with van der Waals surface area (Å²) in [5, 5.41) is 3.58. The van der Waals surface area contributed by atoms with E-state index in [9.17, 15) is 0 Å². The minimum Gasteiger partial charge on any atom is -0.308 e. The van der Waals surface area contributed by atoms with Crippen LogP contribution in [0.15, 0.2) is 23.1 Å². The second-order valence-electron chi connectivity index (χ2n) is 6.42. The Kier molecular flexibility index (Phi) is 5.74. The normalized spacial score (nSPS) is 12.2. The molecule has 0 spiro atoms. The SMILES string of the molecule is Cc1ccc(SCC(C)C)c(CNC(C)(C)C)c1. The number of benzene rings is 1. The molecule has 1 aromatic rings. The molecule has 0 aromatic heterocycles. The molecule has 1 nitrogen and oxygen atoms in total. The second-order valence-corrected chi connectivity index (χ2v) is 7.48. The molecular weight excluding hydrogens is 238 g/mol. The van der Waals surface area contributed by atoms with Crippen molar-refractivity contribution in [3.05, 3.63) is 29.3 Å². The second kappa shape index (κ2) is 6.63. The average Bonchev–Trinajstić information content (AvgIpc) is 2.23. The molecule has 18 heavy (non-hydrogen) atoms. The topological polar surface area (TPSA) is 12.0 Å². The van der Waals surface area contributed by atoms with Crippen molar-refractivity contribution in [1.82, 2.24) is 5.32 Å². The largest absolute Gasteiger partial charge is 0.308 e. The first-order chi connectivity index (χ1) is 8.28. The fourth-order valence-corrected chi connectivity index (χ4v) is 2.60. The van der Waals surface area contributed by atoms with Crippen molar-refractivity contribution in [2.45, 2.75) is 58.5 Å². The van der Waals surface area contributed by atoms with Gasteiger partial charge in [0.05, 0.1) is 0 Å². The molecule has 0 aliphatic carbocycles. The van der Waals surface area contributed by atoms with E-state index in [1.165, 1.54) is 21.8 Å². The van der Waals surface area contributed by atoms with E-state index >= 15 is 0 Å². The van der Waals surface area contributed by atoms with Crippen molar-refractivity contribution in [3.8, 4) is 0 Å². The Balaban J connectivity index is 2.76. The highest BCUT2D eigenvalue weighted by molar-refractivity contribution is 7.99. The Morgan fingerprint density at radius 1 is 1.22 bits per heavy atom. The summed E-state index contributed by atoms with van der Waals surface area (Å²) in [4.78, 5) is 1.42. The van der Waals surface area contributed by atoms with Crippen LogP contribution in [0.2, 0.25) is 0 Å². The molecule has 102 valence electrons. The standard InChI is InChI=1S/C16H27NS/c1-12(2)11-18-15-8-7-13(3)9-14(15)10-17-16(4,5)6/h7-9,12,17H,10-11H2,1-6H3. The molecule has 0 saturated carbocycles. The maximum atomic E-state index is 3.58. The van der Waals surface area contributed by atoms with Gasteiger partial charge in [-0.15, -0.1) is 11.8 Å². The number of rotatable bonds is 5. The maximum Gasteiger partial charge on any atom is 0.0221 e. The fraction of sp³-hybridized carbons (Fsp3) is 0.625. The smallest absolute Gasteiger partial charge is 0.0221 e. The summed E-state index contributed by atoms with van der Waals surface area (Å²) >= 11 is 1.97. The minimum atomic E-state index is 0.170. The van der Waals surface area contributed by atoms with Crippen LogP contribution in [0, 0.1) is 12.8 Å². The van der Waals surface area contributed by atoms with Crippen LogP contribution in [0.5, 0.6) is 0 Å². The van der Waals surface area contributed by atoms with Crippen LogP contribution in [0.4, 0.5) is 0 Å². The third-order valence-corrected chi connectivity index (χ3v) is 4.14. The summed E-state index contributed by atoms with van der Waals surface area (Å²) < 4.78 is 0. The molecule has 0 aliphatic heterocycles. The molecule has 0 amide bonds. The number of hydrogen-bond donors (Lipinski definition) is 1. The molecule has 0 aliphatic rings. The van der Waals surface area contributed by atoms with E-state index in [0.717, 1.165) is 12.5 Å². The summed E-state index contributed by atoms with van der Waals surface area (Å²) in [6.07, 6.45) is 0. The van der Waals surface area contributed by atoms with Crippen molar-refractivity contribution in [2.75, 3.05) is 5.75 Å². The van der Waals surface area contributed by atoms with Gasteiger partial charge in [0, 0.05) is 22.7 Å². The van der Waals surface area contributed by atoms with Crippen LogP contribution in [0.25, 0.3) is 0 Å². The van der Waals surface area contributed by atoms with Gasteiger partial charge in [-0.3, -0.25) is 0 Å². The van der Waals surface area contributed by atoms with E-state index in [4.69, 9.17) is 0 Å². The number of hydrogen-bond acceptors (Lipinski definition) is 2. The maximum absolute atomic E-state index is 3.58. The minimum absolute atomic E-state index is 0.170. The molecule has 0 bridgehead atoms. The third-order valence-electron chi connectivity index (χ3n) is 2.60. The van der Waals surface area contributed by atoms with Gasteiger partial charge >= 0.3 is 0 Å². The highest BCUT2D eigenvalue weighted by atomic mass is 32.2. The van der Waals surface area contributed by atoms with E-state index in [0.29, 0.717) is 0 Å². The summed E-state index contributed by atoms with van der Waals surface area (Å²) in [5.74, 6) is 1.92. The molecule has 0 saturated heterocycles. The lowest BCUT2D eigenvalue weighted by atomic mass is 10.1. The van der Waals surface area contributed by atoms with E-state index in [-0.39, 0.29) is 5.54 Å². The van der Waals surface area contributed by atoms with Crippen molar-refractivity contribution in [1.29, 1.82) is 0 Å². The Morgan fingerprint density at radius 2 is 1.89 bits per heavy atom. The van der Waals surface area contributed by atoms with Gasteiger partial charge in [0.15, 0.2) is 0 Å². The zero-order valence-corrected chi connectivity index (χ0v) is 13.4. The number of thioether (sulfide) groups is 1. The van der Waals surface area contributed by atoms with Crippen LogP contribution in [0.3, 0.4) is 0 Å². The van der Waals surface area contributed by atoms with Gasteiger partial charge in [-0.1, -0.05) is 31.5 Å². The number of nitrogens with one attached hydrogen (secondary N) is 1. The average molecular weight is 265 g/mol. The van der Waals surface area contributed by atoms with E-state index < -0.39 is 0 Å². The number of aryl methyl sites for hydroxylation is 1. The molecule has 1 N–H and O–H groups in total. The van der Waals surface area contributed by atoms with Crippen molar-refractivity contribution >= 4 is 11.8 Å². The zero-order valence-electron chi connectivity index (χ0n) is 12.6. The van der Waals surface area contributed by atoms with Crippen LogP contribution in [-0.2, 0) is 6.54 Å². The molecule has 0 atom stereocenters. The first kappa shape index (κ1) is 15.6. The summed E-state index contributed by atoms with van der Waals surface area (Å²) in [5.41, 5.74) is 2.94. The van der Waals surface area contributed by atoms with E-state index in [1.54, 1.807) is 0 Å². The zero-order chi connectivity index (χ0) is 13.8. The van der Waals surface area contributed by atoms with Crippen LogP contribution in [-0.4, -0.2) is 11.3 Å². The summed E-state index contributed by atoms with van der Waals surface area (Å²) in [6, 6.07) is 6.78. The monoisotopic (exact) mass is 265 g/mol. The third kappa shape index (κ3) is 5.92. The van der Waals surface area contributed by atoms with Gasteiger partial charge in [-0.05, 0) is 45.2 Å². The highest BCUT2D eigenvalue weighted by Crippen LogP contribution is 2.26. The van der Waals surface area contributed by atoms with Gasteiger partial charge in [0.2, 0.25) is 0 Å². The highest BCUT2D eigenvalue weighted by Gasteiger charge is 2.11. The van der Waals surface area contributed by atoms with Gasteiger partial charge in [-0.25, -0.2) is 0 Å². The molecule has 0 unspecified atom stereocenters. The molecule has 2 heteroatoms. The Labute approximate surface area is 117 Å². The predicted octanol–water partition coefficient (Wildman–Crippen LogP) is 4.63. The molecule has 0 fully saturated rings. The van der Waals surface area contributed by atoms with Gasteiger partial charge in [0.25, 0.3) is 0 Å².